The number of halogens is 3. The third-order valence-electron chi connectivity index (χ3n) is 2.28. The van der Waals surface area contributed by atoms with Gasteiger partial charge in [0.25, 0.3) is 0 Å². The number of alkyl halides is 3. The minimum Gasteiger partial charge on any atom is -0.385 e. The zero-order valence-corrected chi connectivity index (χ0v) is 11.2. The van der Waals surface area contributed by atoms with Crippen molar-refractivity contribution in [3.8, 4) is 0 Å². The van der Waals surface area contributed by atoms with Crippen molar-refractivity contribution in [1.29, 1.82) is 0 Å². The quantitative estimate of drug-likeness (QED) is 0.781. The molecule has 1 N–H and O–H groups in total. The fraction of sp³-hybridized carbons (Fsp3) is 0.727. The van der Waals surface area contributed by atoms with Crippen LogP contribution in [0.25, 0.3) is 0 Å². The molecular formula is C11H17F3N2OS. The SMILES string of the molecule is CCNCc1sc(CCCOC)nc1C(F)(F)F. The zero-order chi connectivity index (χ0) is 13.6. The van der Waals surface area contributed by atoms with Crippen LogP contribution in [0.4, 0.5) is 13.2 Å². The second-order valence-electron chi connectivity index (χ2n) is 3.75. The predicted molar refractivity (Wildman–Crippen MR) is 64.7 cm³/mol. The lowest BCUT2D eigenvalue weighted by Crippen LogP contribution is -2.15. The molecule has 1 aromatic heterocycles. The average Bonchev–Trinajstić information content (AvgIpc) is 2.70. The smallest absolute Gasteiger partial charge is 0.385 e. The Morgan fingerprint density at radius 3 is 2.67 bits per heavy atom. The molecule has 0 saturated carbocycles. The van der Waals surface area contributed by atoms with E-state index in [0.717, 1.165) is 11.3 Å². The first-order valence-corrected chi connectivity index (χ1v) is 6.56. The monoisotopic (exact) mass is 282 g/mol. The topological polar surface area (TPSA) is 34.1 Å². The van der Waals surface area contributed by atoms with Gasteiger partial charge in [-0.2, -0.15) is 13.2 Å². The molecule has 1 rings (SSSR count). The summed E-state index contributed by atoms with van der Waals surface area (Å²) >= 11 is 1.13. The number of hydrogen-bond acceptors (Lipinski definition) is 4. The van der Waals surface area contributed by atoms with Gasteiger partial charge >= 0.3 is 6.18 Å². The third-order valence-corrected chi connectivity index (χ3v) is 3.40. The first-order chi connectivity index (χ1) is 8.49. The van der Waals surface area contributed by atoms with Gasteiger partial charge in [-0.1, -0.05) is 6.92 Å². The minimum atomic E-state index is -4.37. The van der Waals surface area contributed by atoms with Crippen molar-refractivity contribution < 1.29 is 17.9 Å². The summed E-state index contributed by atoms with van der Waals surface area (Å²) < 4.78 is 43.2. The molecule has 0 aliphatic heterocycles. The average molecular weight is 282 g/mol. The van der Waals surface area contributed by atoms with Crippen molar-refractivity contribution in [1.82, 2.24) is 10.3 Å². The summed E-state index contributed by atoms with van der Waals surface area (Å²) in [7, 11) is 1.57. The van der Waals surface area contributed by atoms with Crippen LogP contribution in [-0.4, -0.2) is 25.2 Å². The summed E-state index contributed by atoms with van der Waals surface area (Å²) in [6, 6.07) is 0. The molecule has 1 aromatic rings. The van der Waals surface area contributed by atoms with Gasteiger partial charge in [0.1, 0.15) is 0 Å². The van der Waals surface area contributed by atoms with E-state index in [2.05, 4.69) is 10.3 Å². The third kappa shape index (κ3) is 4.55. The van der Waals surface area contributed by atoms with Crippen LogP contribution in [0.15, 0.2) is 0 Å². The van der Waals surface area contributed by atoms with Crippen LogP contribution in [0, 0.1) is 0 Å². The van der Waals surface area contributed by atoms with Crippen molar-refractivity contribution in [2.45, 2.75) is 32.5 Å². The van der Waals surface area contributed by atoms with Crippen LogP contribution in [0.5, 0.6) is 0 Å². The number of hydrogen-bond donors (Lipinski definition) is 1. The van der Waals surface area contributed by atoms with E-state index in [1.54, 1.807) is 7.11 Å². The van der Waals surface area contributed by atoms with Crippen LogP contribution in [0.1, 0.15) is 28.9 Å². The second kappa shape index (κ2) is 7.06. The number of nitrogens with one attached hydrogen (secondary N) is 1. The van der Waals surface area contributed by atoms with E-state index in [1.807, 2.05) is 6.92 Å². The van der Waals surface area contributed by atoms with Gasteiger partial charge in [0.15, 0.2) is 5.69 Å². The van der Waals surface area contributed by atoms with E-state index in [-0.39, 0.29) is 11.4 Å². The lowest BCUT2D eigenvalue weighted by atomic mass is 10.3. The summed E-state index contributed by atoms with van der Waals surface area (Å²) in [4.78, 5) is 3.97. The van der Waals surface area contributed by atoms with E-state index >= 15 is 0 Å². The number of aromatic nitrogens is 1. The summed E-state index contributed by atoms with van der Waals surface area (Å²) in [5.41, 5.74) is -0.749. The van der Waals surface area contributed by atoms with Crippen LogP contribution < -0.4 is 5.32 Å². The largest absolute Gasteiger partial charge is 0.434 e. The fourth-order valence-electron chi connectivity index (χ4n) is 1.45. The van der Waals surface area contributed by atoms with E-state index in [9.17, 15) is 13.2 Å². The number of rotatable bonds is 7. The van der Waals surface area contributed by atoms with Crippen molar-refractivity contribution >= 4 is 11.3 Å². The molecule has 18 heavy (non-hydrogen) atoms. The molecule has 3 nitrogen and oxygen atoms in total. The molecule has 0 aromatic carbocycles. The molecule has 0 atom stereocenters. The summed E-state index contributed by atoms with van der Waals surface area (Å²) in [6.45, 7) is 3.23. The number of nitrogens with zero attached hydrogens (tertiary/aromatic N) is 1. The molecule has 104 valence electrons. The Bertz CT molecular complexity index is 366. The maximum atomic E-state index is 12.8. The Balaban J connectivity index is 2.79. The Labute approximate surface area is 108 Å². The van der Waals surface area contributed by atoms with Crippen molar-refractivity contribution in [2.24, 2.45) is 0 Å². The number of aryl methyl sites for hydroxylation is 1. The van der Waals surface area contributed by atoms with Crippen LogP contribution in [0.3, 0.4) is 0 Å². The second-order valence-corrected chi connectivity index (χ2v) is 4.92. The molecule has 0 bridgehead atoms. The Kier molecular flexibility index (Phi) is 6.04. The minimum absolute atomic E-state index is 0.216. The lowest BCUT2D eigenvalue weighted by Gasteiger charge is -2.05. The molecule has 0 aliphatic rings. The maximum absolute atomic E-state index is 12.8. The van der Waals surface area contributed by atoms with E-state index in [1.165, 1.54) is 0 Å². The van der Waals surface area contributed by atoms with Gasteiger partial charge < -0.3 is 10.1 Å². The first kappa shape index (κ1) is 15.4. The van der Waals surface area contributed by atoms with Crippen LogP contribution in [0.2, 0.25) is 0 Å². The summed E-state index contributed by atoms with van der Waals surface area (Å²) in [5, 5.41) is 3.42. The molecule has 0 unspecified atom stereocenters. The Morgan fingerprint density at radius 1 is 1.39 bits per heavy atom. The van der Waals surface area contributed by atoms with Gasteiger partial charge in [-0.05, 0) is 13.0 Å². The molecule has 0 saturated heterocycles. The van der Waals surface area contributed by atoms with Gasteiger partial charge in [-0.25, -0.2) is 4.98 Å². The maximum Gasteiger partial charge on any atom is 0.434 e. The molecule has 1 heterocycles. The molecule has 0 radical (unpaired) electrons. The molecule has 7 heteroatoms. The predicted octanol–water partition coefficient (Wildman–Crippen LogP) is 2.85. The molecule has 0 fully saturated rings. The highest BCUT2D eigenvalue weighted by atomic mass is 32.1. The van der Waals surface area contributed by atoms with E-state index in [4.69, 9.17) is 4.74 Å². The van der Waals surface area contributed by atoms with Gasteiger partial charge in [-0.15, -0.1) is 11.3 Å². The van der Waals surface area contributed by atoms with E-state index < -0.39 is 11.9 Å². The van der Waals surface area contributed by atoms with Gasteiger partial charge in [0, 0.05) is 26.7 Å². The highest BCUT2D eigenvalue weighted by molar-refractivity contribution is 7.11. The van der Waals surface area contributed by atoms with Gasteiger partial charge in [-0.3, -0.25) is 0 Å². The number of thiazole rings is 1. The highest BCUT2D eigenvalue weighted by Crippen LogP contribution is 2.34. The standard InChI is InChI=1S/C11H17F3N2OS/c1-3-15-7-8-10(11(12,13)14)16-9(18-8)5-4-6-17-2/h15H,3-7H2,1-2H3. The molecule has 0 aliphatic carbocycles. The fourth-order valence-corrected chi connectivity index (χ4v) is 2.55. The van der Waals surface area contributed by atoms with Crippen molar-refractivity contribution in [2.75, 3.05) is 20.3 Å². The highest BCUT2D eigenvalue weighted by Gasteiger charge is 2.37. The van der Waals surface area contributed by atoms with Crippen LogP contribution in [-0.2, 0) is 23.9 Å². The van der Waals surface area contributed by atoms with Gasteiger partial charge in [0.05, 0.1) is 9.88 Å². The molecule has 0 amide bonds. The van der Waals surface area contributed by atoms with Crippen molar-refractivity contribution in [3.63, 3.8) is 0 Å². The Morgan fingerprint density at radius 2 is 2.11 bits per heavy atom. The zero-order valence-electron chi connectivity index (χ0n) is 10.4. The molecular weight excluding hydrogens is 265 g/mol. The normalized spacial score (nSPS) is 12.1. The summed E-state index contributed by atoms with van der Waals surface area (Å²) in [6.07, 6.45) is -3.17. The van der Waals surface area contributed by atoms with E-state index in [0.29, 0.717) is 31.0 Å². The first-order valence-electron chi connectivity index (χ1n) is 5.74. The summed E-state index contributed by atoms with van der Waals surface area (Å²) in [5.74, 6) is 0. The van der Waals surface area contributed by atoms with Crippen molar-refractivity contribution in [3.05, 3.63) is 15.6 Å². The Hall–Kier alpha value is -0.660. The number of ether oxygens (including phenoxy) is 1. The number of methoxy groups -OCH3 is 1. The van der Waals surface area contributed by atoms with Crippen LogP contribution >= 0.6 is 11.3 Å². The van der Waals surface area contributed by atoms with Gasteiger partial charge in [0.2, 0.25) is 0 Å². The molecule has 0 spiro atoms. The lowest BCUT2D eigenvalue weighted by molar-refractivity contribution is -0.141.